The van der Waals surface area contributed by atoms with Crippen molar-refractivity contribution in [1.29, 1.82) is 0 Å². The van der Waals surface area contributed by atoms with Gasteiger partial charge in [-0.2, -0.15) is 0 Å². The average Bonchev–Trinajstić information content (AvgIpc) is 2.13. The zero-order valence-electron chi connectivity index (χ0n) is 11.4. The molecule has 0 aliphatic carbocycles. The minimum atomic E-state index is -0.460. The first-order valence-corrected chi connectivity index (χ1v) is 5.90. The largest absolute Gasteiger partial charge is 0.393 e. The maximum absolute atomic E-state index is 10.7. The van der Waals surface area contributed by atoms with E-state index in [0.29, 0.717) is 0 Å². The van der Waals surface area contributed by atoms with Crippen LogP contribution in [0.1, 0.15) is 26.3 Å². The van der Waals surface area contributed by atoms with Crippen molar-refractivity contribution in [3.63, 3.8) is 0 Å². The molecule has 1 aromatic rings. The SMILES string of the molecule is CN(Cc1ccc([N+](=O)[O-])c(N)c1)CC(C)(C)C. The Morgan fingerprint density at radius 1 is 1.39 bits per heavy atom. The summed E-state index contributed by atoms with van der Waals surface area (Å²) in [6, 6.07) is 4.90. The van der Waals surface area contributed by atoms with Crippen LogP contribution < -0.4 is 5.73 Å². The van der Waals surface area contributed by atoms with Crippen LogP contribution in [-0.2, 0) is 6.54 Å². The smallest absolute Gasteiger partial charge is 0.292 e. The zero-order chi connectivity index (χ0) is 13.9. The number of nitro benzene ring substituents is 1. The standard InChI is InChI=1S/C13H21N3O2/c1-13(2,3)9-15(4)8-10-5-6-12(16(17)18)11(14)7-10/h5-7H,8-9,14H2,1-4H3. The molecule has 0 fully saturated rings. The predicted molar refractivity (Wildman–Crippen MR) is 73.3 cm³/mol. The number of hydrogen-bond donors (Lipinski definition) is 1. The summed E-state index contributed by atoms with van der Waals surface area (Å²) < 4.78 is 0. The van der Waals surface area contributed by atoms with Gasteiger partial charge in [-0.1, -0.05) is 26.8 Å². The molecule has 100 valence electrons. The Morgan fingerprint density at radius 2 is 2.00 bits per heavy atom. The van der Waals surface area contributed by atoms with Gasteiger partial charge in [0, 0.05) is 19.2 Å². The van der Waals surface area contributed by atoms with Crippen LogP contribution in [0.4, 0.5) is 11.4 Å². The quantitative estimate of drug-likeness (QED) is 0.507. The lowest BCUT2D eigenvalue weighted by atomic mass is 9.96. The first-order valence-electron chi connectivity index (χ1n) is 5.90. The Balaban J connectivity index is 2.75. The Hall–Kier alpha value is -1.62. The Morgan fingerprint density at radius 3 is 2.44 bits per heavy atom. The number of anilines is 1. The lowest BCUT2D eigenvalue weighted by molar-refractivity contribution is -0.383. The highest BCUT2D eigenvalue weighted by atomic mass is 16.6. The monoisotopic (exact) mass is 251 g/mol. The molecule has 5 nitrogen and oxygen atoms in total. The molecular weight excluding hydrogens is 230 g/mol. The number of nitrogens with zero attached hydrogens (tertiary/aromatic N) is 2. The Kier molecular flexibility index (Phi) is 4.29. The third-order valence-electron chi connectivity index (χ3n) is 2.49. The molecule has 2 N–H and O–H groups in total. The van der Waals surface area contributed by atoms with Crippen molar-refractivity contribution in [3.05, 3.63) is 33.9 Å². The van der Waals surface area contributed by atoms with Gasteiger partial charge in [0.2, 0.25) is 0 Å². The highest BCUT2D eigenvalue weighted by molar-refractivity contribution is 5.59. The molecule has 0 aliphatic heterocycles. The van der Waals surface area contributed by atoms with Crippen LogP contribution in [0, 0.1) is 15.5 Å². The molecule has 5 heteroatoms. The molecule has 0 bridgehead atoms. The van der Waals surface area contributed by atoms with E-state index in [2.05, 4.69) is 25.7 Å². The van der Waals surface area contributed by atoms with Crippen molar-refractivity contribution in [2.45, 2.75) is 27.3 Å². The van der Waals surface area contributed by atoms with Crippen molar-refractivity contribution >= 4 is 11.4 Å². The van der Waals surface area contributed by atoms with Crippen molar-refractivity contribution < 1.29 is 4.92 Å². The summed E-state index contributed by atoms with van der Waals surface area (Å²) in [5, 5.41) is 10.7. The van der Waals surface area contributed by atoms with Gasteiger partial charge in [0.25, 0.3) is 5.69 Å². The van der Waals surface area contributed by atoms with Gasteiger partial charge in [-0.05, 0) is 24.1 Å². The number of nitrogen functional groups attached to an aromatic ring is 1. The molecule has 1 aromatic carbocycles. The van der Waals surface area contributed by atoms with E-state index in [9.17, 15) is 10.1 Å². The van der Waals surface area contributed by atoms with Gasteiger partial charge in [-0.3, -0.25) is 10.1 Å². The number of rotatable bonds is 4. The minimum Gasteiger partial charge on any atom is -0.393 e. The molecule has 0 spiro atoms. The molecule has 0 aliphatic rings. The molecule has 0 radical (unpaired) electrons. The van der Waals surface area contributed by atoms with E-state index >= 15 is 0 Å². The second kappa shape index (κ2) is 5.35. The second-order valence-corrected chi connectivity index (χ2v) is 5.88. The predicted octanol–water partition coefficient (Wildman–Crippen LogP) is 2.65. The molecule has 0 atom stereocenters. The van der Waals surface area contributed by atoms with E-state index in [1.54, 1.807) is 12.1 Å². The first-order chi connectivity index (χ1) is 8.19. The van der Waals surface area contributed by atoms with E-state index in [0.717, 1.165) is 18.7 Å². The van der Waals surface area contributed by atoms with E-state index < -0.39 is 4.92 Å². The molecule has 0 aromatic heterocycles. The molecule has 0 unspecified atom stereocenters. The van der Waals surface area contributed by atoms with Gasteiger partial charge < -0.3 is 10.6 Å². The van der Waals surface area contributed by atoms with Crippen LogP contribution in [-0.4, -0.2) is 23.4 Å². The van der Waals surface area contributed by atoms with Gasteiger partial charge in [0.05, 0.1) is 4.92 Å². The second-order valence-electron chi connectivity index (χ2n) is 5.88. The van der Waals surface area contributed by atoms with Crippen LogP contribution in [0.3, 0.4) is 0 Å². The molecule has 0 saturated carbocycles. The first kappa shape index (κ1) is 14.4. The number of benzene rings is 1. The van der Waals surface area contributed by atoms with E-state index in [1.165, 1.54) is 6.07 Å². The van der Waals surface area contributed by atoms with Gasteiger partial charge in [0.15, 0.2) is 0 Å². The lowest BCUT2D eigenvalue weighted by Crippen LogP contribution is -2.28. The summed E-state index contributed by atoms with van der Waals surface area (Å²) in [7, 11) is 2.03. The van der Waals surface area contributed by atoms with Gasteiger partial charge in [0.1, 0.15) is 5.69 Å². The molecule has 0 amide bonds. The fourth-order valence-corrected chi connectivity index (χ4v) is 2.05. The molecule has 0 saturated heterocycles. The van der Waals surface area contributed by atoms with Crippen LogP contribution in [0.25, 0.3) is 0 Å². The topological polar surface area (TPSA) is 72.4 Å². The van der Waals surface area contributed by atoms with Crippen LogP contribution in [0.5, 0.6) is 0 Å². The Bertz CT molecular complexity index is 438. The number of nitro groups is 1. The van der Waals surface area contributed by atoms with E-state index in [-0.39, 0.29) is 16.8 Å². The minimum absolute atomic E-state index is 0.0303. The van der Waals surface area contributed by atoms with Crippen LogP contribution in [0.15, 0.2) is 18.2 Å². The van der Waals surface area contributed by atoms with Crippen molar-refractivity contribution in [3.8, 4) is 0 Å². The lowest BCUT2D eigenvalue weighted by Gasteiger charge is -2.26. The van der Waals surface area contributed by atoms with Crippen LogP contribution in [0.2, 0.25) is 0 Å². The zero-order valence-corrected chi connectivity index (χ0v) is 11.4. The molecular formula is C13H21N3O2. The Labute approximate surface area is 108 Å². The summed E-state index contributed by atoms with van der Waals surface area (Å²) in [4.78, 5) is 12.4. The maximum Gasteiger partial charge on any atom is 0.292 e. The number of nitrogens with two attached hydrogens (primary N) is 1. The van der Waals surface area contributed by atoms with E-state index in [1.807, 2.05) is 7.05 Å². The summed E-state index contributed by atoms with van der Waals surface area (Å²) in [6.45, 7) is 8.21. The van der Waals surface area contributed by atoms with Crippen molar-refractivity contribution in [2.24, 2.45) is 5.41 Å². The van der Waals surface area contributed by atoms with Crippen LogP contribution >= 0.6 is 0 Å². The van der Waals surface area contributed by atoms with Gasteiger partial charge >= 0.3 is 0 Å². The highest BCUT2D eigenvalue weighted by Gasteiger charge is 2.15. The molecule has 1 rings (SSSR count). The van der Waals surface area contributed by atoms with Crippen molar-refractivity contribution in [1.82, 2.24) is 4.90 Å². The summed E-state index contributed by atoms with van der Waals surface area (Å²) in [5.41, 5.74) is 7.07. The summed E-state index contributed by atoms with van der Waals surface area (Å²) >= 11 is 0. The third-order valence-corrected chi connectivity index (χ3v) is 2.49. The maximum atomic E-state index is 10.7. The molecule has 18 heavy (non-hydrogen) atoms. The van der Waals surface area contributed by atoms with Gasteiger partial charge in [-0.15, -0.1) is 0 Å². The number of hydrogen-bond acceptors (Lipinski definition) is 4. The average molecular weight is 251 g/mol. The van der Waals surface area contributed by atoms with Gasteiger partial charge in [-0.25, -0.2) is 0 Å². The van der Waals surface area contributed by atoms with E-state index in [4.69, 9.17) is 5.73 Å². The van der Waals surface area contributed by atoms with Crippen molar-refractivity contribution in [2.75, 3.05) is 19.3 Å². The summed E-state index contributed by atoms with van der Waals surface area (Å²) in [6.07, 6.45) is 0. The third kappa shape index (κ3) is 4.33. The fourth-order valence-electron chi connectivity index (χ4n) is 2.05. The fraction of sp³-hybridized carbons (Fsp3) is 0.538. The highest BCUT2D eigenvalue weighted by Crippen LogP contribution is 2.23. The molecule has 0 heterocycles. The summed E-state index contributed by atoms with van der Waals surface area (Å²) in [5.74, 6) is 0. The normalized spacial score (nSPS) is 11.8.